The number of rotatable bonds is 10. The molecule has 0 aliphatic heterocycles. The van der Waals surface area contributed by atoms with Gasteiger partial charge in [-0.1, -0.05) is 78.1 Å². The maximum Gasteiger partial charge on any atom is 0.250 e. The van der Waals surface area contributed by atoms with Gasteiger partial charge < -0.3 is 15.4 Å². The lowest BCUT2D eigenvalue weighted by atomic mass is 9.77. The van der Waals surface area contributed by atoms with Gasteiger partial charge in [-0.25, -0.2) is 0 Å². The van der Waals surface area contributed by atoms with Crippen molar-refractivity contribution in [2.75, 3.05) is 13.1 Å². The fourth-order valence-corrected chi connectivity index (χ4v) is 5.28. The number of amides is 2. The van der Waals surface area contributed by atoms with Crippen LogP contribution < -0.4 is 10.6 Å². The Balaban J connectivity index is 2.23. The van der Waals surface area contributed by atoms with E-state index in [1.165, 1.54) is 12.8 Å². The fourth-order valence-electron chi connectivity index (χ4n) is 5.28. The molecular weight excluding hydrogens is 392 g/mol. The molecule has 2 saturated carbocycles. The molecule has 0 aromatic rings. The van der Waals surface area contributed by atoms with E-state index in [1.54, 1.807) is 0 Å². The van der Waals surface area contributed by atoms with Crippen molar-refractivity contribution in [3.8, 4) is 12.1 Å². The third kappa shape index (κ3) is 7.51. The Morgan fingerprint density at radius 1 is 0.774 bits per heavy atom. The maximum absolute atomic E-state index is 13.0. The second kappa shape index (κ2) is 13.3. The molecule has 4 unspecified atom stereocenters. The van der Waals surface area contributed by atoms with Gasteiger partial charge in [0.15, 0.2) is 0 Å². The van der Waals surface area contributed by atoms with Crippen molar-refractivity contribution in [1.82, 2.24) is 10.6 Å². The van der Waals surface area contributed by atoms with Crippen molar-refractivity contribution in [3.63, 3.8) is 0 Å². The van der Waals surface area contributed by atoms with Crippen LogP contribution in [-0.4, -0.2) is 37.1 Å². The van der Waals surface area contributed by atoms with Crippen LogP contribution >= 0.6 is 0 Å². The number of nitriles is 2. The molecule has 2 amide bonds. The minimum Gasteiger partial charge on any atom is -0.355 e. The van der Waals surface area contributed by atoms with Gasteiger partial charge in [0.25, 0.3) is 0 Å². The first kappa shape index (κ1) is 25.1. The number of nitrogens with zero attached hydrogens (tertiary/aromatic N) is 2. The molecule has 7 heteroatoms. The maximum atomic E-state index is 13.0. The third-order valence-corrected chi connectivity index (χ3v) is 7.24. The van der Waals surface area contributed by atoms with Gasteiger partial charge in [0.05, 0.1) is 12.1 Å². The highest BCUT2D eigenvalue weighted by molar-refractivity contribution is 5.84. The second-order valence-electron chi connectivity index (χ2n) is 9.24. The van der Waals surface area contributed by atoms with Gasteiger partial charge in [0.2, 0.25) is 11.8 Å². The summed E-state index contributed by atoms with van der Waals surface area (Å²) in [6.07, 6.45) is 9.63. The van der Waals surface area contributed by atoms with E-state index >= 15 is 0 Å². The topological polar surface area (TPSA) is 115 Å². The molecule has 4 atom stereocenters. The van der Waals surface area contributed by atoms with Crippen molar-refractivity contribution in [2.45, 2.75) is 90.3 Å². The number of hydrogen-bond donors (Lipinski definition) is 2. The Kier molecular flexibility index (Phi) is 10.8. The van der Waals surface area contributed by atoms with Gasteiger partial charge in [-0.15, -0.1) is 0 Å². The second-order valence-corrected chi connectivity index (χ2v) is 9.24. The van der Waals surface area contributed by atoms with Gasteiger partial charge in [-0.05, 0) is 23.7 Å². The van der Waals surface area contributed by atoms with Crippen LogP contribution in [0.4, 0.5) is 0 Å². The first-order valence-electron chi connectivity index (χ1n) is 11.9. The summed E-state index contributed by atoms with van der Waals surface area (Å²) in [7, 11) is 0. The quantitative estimate of drug-likeness (QED) is 0.515. The molecule has 0 heterocycles. The Morgan fingerprint density at radius 2 is 1.13 bits per heavy atom. The summed E-state index contributed by atoms with van der Waals surface area (Å²) in [4.78, 5) is 26.0. The van der Waals surface area contributed by atoms with Gasteiger partial charge in [-0.2, -0.15) is 10.5 Å². The van der Waals surface area contributed by atoms with Gasteiger partial charge >= 0.3 is 0 Å². The van der Waals surface area contributed by atoms with Crippen LogP contribution in [-0.2, 0) is 14.3 Å². The highest BCUT2D eigenvalue weighted by Gasteiger charge is 2.39. The minimum atomic E-state index is -0.791. The summed E-state index contributed by atoms with van der Waals surface area (Å²) in [6, 6.07) is 3.90. The molecule has 7 nitrogen and oxygen atoms in total. The summed E-state index contributed by atoms with van der Waals surface area (Å²) in [5.74, 6) is -0.0338. The molecule has 2 rings (SSSR count). The molecule has 0 bridgehead atoms. The molecule has 0 aromatic carbocycles. The number of carbonyl (C=O) groups is 2. The lowest BCUT2D eigenvalue weighted by Crippen LogP contribution is -2.51. The molecule has 31 heavy (non-hydrogen) atoms. The van der Waals surface area contributed by atoms with Crippen molar-refractivity contribution in [1.29, 1.82) is 10.5 Å². The number of carbonyl (C=O) groups excluding carboxylic acids is 2. The Labute approximate surface area is 186 Å². The third-order valence-electron chi connectivity index (χ3n) is 7.24. The van der Waals surface area contributed by atoms with E-state index in [-0.39, 0.29) is 36.7 Å². The summed E-state index contributed by atoms with van der Waals surface area (Å²) in [5.41, 5.74) is 0. The Bertz CT molecular complexity index is 601. The van der Waals surface area contributed by atoms with E-state index < -0.39 is 12.2 Å². The summed E-state index contributed by atoms with van der Waals surface area (Å²) >= 11 is 0. The zero-order valence-corrected chi connectivity index (χ0v) is 19.1. The largest absolute Gasteiger partial charge is 0.355 e. The lowest BCUT2D eigenvalue weighted by molar-refractivity contribution is -0.158. The van der Waals surface area contributed by atoms with E-state index in [9.17, 15) is 9.59 Å². The zero-order chi connectivity index (χ0) is 22.6. The van der Waals surface area contributed by atoms with Crippen LogP contribution in [0.2, 0.25) is 0 Å². The molecule has 2 N–H and O–H groups in total. The van der Waals surface area contributed by atoms with Crippen LogP contribution in [0, 0.1) is 46.3 Å². The number of nitrogens with one attached hydrogen (secondary N) is 2. The van der Waals surface area contributed by atoms with Crippen LogP contribution in [0.3, 0.4) is 0 Å². The van der Waals surface area contributed by atoms with Crippen LogP contribution in [0.1, 0.15) is 78.1 Å². The lowest BCUT2D eigenvalue weighted by Gasteiger charge is -2.38. The van der Waals surface area contributed by atoms with Crippen LogP contribution in [0.15, 0.2) is 0 Å². The summed E-state index contributed by atoms with van der Waals surface area (Å²) in [6.45, 7) is 3.89. The monoisotopic (exact) mass is 430 g/mol. The standard InChI is InChI=1S/C24H38N4O3/c1-17(19-9-5-3-6-10-19)21(23(29)27-15-13-25)31-22(24(30)28-16-14-26)18(2)20-11-7-4-8-12-20/h17-22H,3-12,15-16H2,1-2H3,(H,27,29)(H,28,30). The van der Waals surface area contributed by atoms with Gasteiger partial charge in [0, 0.05) is 0 Å². The predicted molar refractivity (Wildman–Crippen MR) is 117 cm³/mol. The molecule has 0 spiro atoms. The van der Waals surface area contributed by atoms with Crippen LogP contribution in [0.25, 0.3) is 0 Å². The summed E-state index contributed by atoms with van der Waals surface area (Å²) < 4.78 is 6.36. The normalized spacial score (nSPS) is 21.7. The van der Waals surface area contributed by atoms with E-state index in [4.69, 9.17) is 15.3 Å². The summed E-state index contributed by atoms with van der Waals surface area (Å²) in [5, 5.41) is 23.1. The Hall–Kier alpha value is -2.12. The molecule has 2 aliphatic rings. The SMILES string of the molecule is CC(C1CCCCC1)C(OC(C(=O)NCC#N)C(C)C1CCCCC1)C(=O)NCC#N. The first-order chi connectivity index (χ1) is 15.0. The average molecular weight is 431 g/mol. The van der Waals surface area contributed by atoms with Crippen molar-refractivity contribution in [3.05, 3.63) is 0 Å². The van der Waals surface area contributed by atoms with E-state index in [1.807, 2.05) is 26.0 Å². The predicted octanol–water partition coefficient (Wildman–Crippen LogP) is 3.45. The molecule has 172 valence electrons. The van der Waals surface area contributed by atoms with Gasteiger partial charge in [-0.3, -0.25) is 9.59 Å². The minimum absolute atomic E-state index is 0.0520. The van der Waals surface area contributed by atoms with Gasteiger partial charge in [0.1, 0.15) is 25.3 Å². The van der Waals surface area contributed by atoms with Crippen LogP contribution in [0.5, 0.6) is 0 Å². The smallest absolute Gasteiger partial charge is 0.250 e. The molecule has 2 fully saturated rings. The molecule has 0 aromatic heterocycles. The number of ether oxygens (including phenoxy) is 1. The van der Waals surface area contributed by atoms with E-state index in [2.05, 4.69) is 10.6 Å². The average Bonchev–Trinajstić information content (AvgIpc) is 2.82. The fraction of sp³-hybridized carbons (Fsp3) is 0.833. The zero-order valence-electron chi connectivity index (χ0n) is 19.1. The first-order valence-corrected chi connectivity index (χ1v) is 11.9. The van der Waals surface area contributed by atoms with Crippen molar-refractivity contribution < 1.29 is 14.3 Å². The van der Waals surface area contributed by atoms with Crippen molar-refractivity contribution in [2.24, 2.45) is 23.7 Å². The molecular formula is C24H38N4O3. The molecule has 0 radical (unpaired) electrons. The molecule has 0 saturated heterocycles. The van der Waals surface area contributed by atoms with Crippen molar-refractivity contribution >= 4 is 11.8 Å². The highest BCUT2D eigenvalue weighted by Crippen LogP contribution is 2.36. The van der Waals surface area contributed by atoms with E-state index in [0.717, 1.165) is 51.4 Å². The highest BCUT2D eigenvalue weighted by atomic mass is 16.5. The molecule has 2 aliphatic carbocycles. The number of hydrogen-bond acceptors (Lipinski definition) is 5. The van der Waals surface area contributed by atoms with E-state index in [0.29, 0.717) is 11.8 Å². The Morgan fingerprint density at radius 3 is 1.45 bits per heavy atom.